The fraction of sp³-hybridized carbons (Fsp3) is 0.250. The van der Waals surface area contributed by atoms with Gasteiger partial charge in [-0.15, -0.1) is 0 Å². The van der Waals surface area contributed by atoms with Crippen molar-refractivity contribution in [3.05, 3.63) is 52.3 Å². The van der Waals surface area contributed by atoms with E-state index in [1.165, 1.54) is 5.56 Å². The summed E-state index contributed by atoms with van der Waals surface area (Å²) in [6.07, 6.45) is 4.65. The van der Waals surface area contributed by atoms with Crippen LogP contribution in [0.1, 0.15) is 17.2 Å². The molecule has 3 N–H and O–H groups in total. The van der Waals surface area contributed by atoms with Crippen molar-refractivity contribution in [3.8, 4) is 0 Å². The summed E-state index contributed by atoms with van der Waals surface area (Å²) in [4.78, 5) is 0. The van der Waals surface area contributed by atoms with Crippen LogP contribution in [-0.2, 0) is 13.5 Å². The molecule has 1 unspecified atom stereocenters. The van der Waals surface area contributed by atoms with E-state index in [1.54, 1.807) is 4.68 Å². The van der Waals surface area contributed by atoms with Crippen LogP contribution in [0.4, 0.5) is 0 Å². The fourth-order valence-electron chi connectivity index (χ4n) is 1.79. The smallest absolute Gasteiger partial charge is 0.0538 e. The molecule has 1 aromatic carbocycles. The van der Waals surface area contributed by atoms with E-state index >= 15 is 0 Å². The third-order valence-electron chi connectivity index (χ3n) is 2.66. The summed E-state index contributed by atoms with van der Waals surface area (Å²) in [5.41, 5.74) is 5.15. The highest BCUT2D eigenvalue weighted by atomic mass is 79.9. The summed E-state index contributed by atoms with van der Waals surface area (Å²) in [6.45, 7) is 0. The maximum Gasteiger partial charge on any atom is 0.0538 e. The Labute approximate surface area is 109 Å². The van der Waals surface area contributed by atoms with Crippen LogP contribution in [0.2, 0.25) is 0 Å². The van der Waals surface area contributed by atoms with Gasteiger partial charge in [-0.3, -0.25) is 16.0 Å². The number of aromatic nitrogens is 2. The minimum Gasteiger partial charge on any atom is -0.275 e. The standard InChI is InChI=1S/C12H15BrN4/c1-17-8-10(7-15-17)12(16-14)6-9-3-2-4-11(13)5-9/h2-5,7-8,12,16H,6,14H2,1H3. The van der Waals surface area contributed by atoms with Crippen molar-refractivity contribution < 1.29 is 0 Å². The second-order valence-electron chi connectivity index (χ2n) is 4.00. The van der Waals surface area contributed by atoms with E-state index in [9.17, 15) is 0 Å². The van der Waals surface area contributed by atoms with Crippen LogP contribution < -0.4 is 11.3 Å². The van der Waals surface area contributed by atoms with Crippen LogP contribution in [0.25, 0.3) is 0 Å². The van der Waals surface area contributed by atoms with Gasteiger partial charge in [0.05, 0.1) is 12.2 Å². The first-order chi connectivity index (χ1) is 8.19. The monoisotopic (exact) mass is 294 g/mol. The third kappa shape index (κ3) is 3.15. The lowest BCUT2D eigenvalue weighted by molar-refractivity contribution is 0.551. The van der Waals surface area contributed by atoms with Crippen LogP contribution in [0.15, 0.2) is 41.1 Å². The topological polar surface area (TPSA) is 55.9 Å². The summed E-state index contributed by atoms with van der Waals surface area (Å²) in [7, 11) is 1.90. The second-order valence-corrected chi connectivity index (χ2v) is 4.92. The molecule has 5 heteroatoms. The van der Waals surface area contributed by atoms with E-state index in [1.807, 2.05) is 31.6 Å². The van der Waals surface area contributed by atoms with Gasteiger partial charge in [-0.1, -0.05) is 28.1 Å². The molecule has 17 heavy (non-hydrogen) atoms. The highest BCUT2D eigenvalue weighted by Crippen LogP contribution is 2.19. The maximum absolute atomic E-state index is 5.60. The number of hydrazine groups is 1. The Kier molecular flexibility index (Phi) is 3.93. The molecule has 2 aromatic rings. The molecule has 0 radical (unpaired) electrons. The van der Waals surface area contributed by atoms with Crippen molar-refractivity contribution in [1.29, 1.82) is 0 Å². The molecule has 0 aliphatic carbocycles. The van der Waals surface area contributed by atoms with Crippen molar-refractivity contribution in [2.75, 3.05) is 0 Å². The highest BCUT2D eigenvalue weighted by Gasteiger charge is 2.12. The molecule has 0 bridgehead atoms. The number of aryl methyl sites for hydroxylation is 1. The number of hydrogen-bond acceptors (Lipinski definition) is 3. The van der Waals surface area contributed by atoms with Gasteiger partial charge in [0.2, 0.25) is 0 Å². The number of hydrogen-bond donors (Lipinski definition) is 2. The van der Waals surface area contributed by atoms with Gasteiger partial charge in [0, 0.05) is 23.3 Å². The quantitative estimate of drug-likeness (QED) is 0.669. The molecule has 90 valence electrons. The van der Waals surface area contributed by atoms with Gasteiger partial charge in [0.1, 0.15) is 0 Å². The number of halogens is 1. The molecule has 0 aliphatic rings. The van der Waals surface area contributed by atoms with E-state index in [4.69, 9.17) is 5.84 Å². The van der Waals surface area contributed by atoms with Gasteiger partial charge in [-0.2, -0.15) is 5.10 Å². The molecule has 0 spiro atoms. The maximum atomic E-state index is 5.60. The second kappa shape index (κ2) is 5.44. The lowest BCUT2D eigenvalue weighted by Gasteiger charge is -2.14. The van der Waals surface area contributed by atoms with Crippen LogP contribution in [0.5, 0.6) is 0 Å². The average molecular weight is 295 g/mol. The molecule has 2 rings (SSSR count). The Morgan fingerprint density at radius 1 is 1.53 bits per heavy atom. The molecule has 0 saturated heterocycles. The first kappa shape index (κ1) is 12.3. The van der Waals surface area contributed by atoms with Gasteiger partial charge >= 0.3 is 0 Å². The zero-order valence-electron chi connectivity index (χ0n) is 9.60. The molecule has 0 fully saturated rings. The summed E-state index contributed by atoms with van der Waals surface area (Å²) in [5.74, 6) is 5.60. The molecule has 1 heterocycles. The summed E-state index contributed by atoms with van der Waals surface area (Å²) in [6, 6.07) is 8.30. The van der Waals surface area contributed by atoms with Crippen molar-refractivity contribution in [3.63, 3.8) is 0 Å². The van der Waals surface area contributed by atoms with E-state index in [2.05, 4.69) is 38.6 Å². The Balaban J connectivity index is 2.15. The fourth-order valence-corrected chi connectivity index (χ4v) is 2.24. The highest BCUT2D eigenvalue weighted by molar-refractivity contribution is 9.10. The van der Waals surface area contributed by atoms with E-state index in [0.717, 1.165) is 16.5 Å². The largest absolute Gasteiger partial charge is 0.275 e. The molecule has 0 amide bonds. The first-order valence-electron chi connectivity index (χ1n) is 5.38. The molecule has 4 nitrogen and oxygen atoms in total. The number of rotatable bonds is 4. The Hall–Kier alpha value is -1.17. The summed E-state index contributed by atoms with van der Waals surface area (Å²) < 4.78 is 2.86. The van der Waals surface area contributed by atoms with E-state index in [0.29, 0.717) is 0 Å². The first-order valence-corrected chi connectivity index (χ1v) is 6.17. The summed E-state index contributed by atoms with van der Waals surface area (Å²) >= 11 is 3.47. The minimum atomic E-state index is 0.0815. The van der Waals surface area contributed by atoms with Gasteiger partial charge in [-0.05, 0) is 24.1 Å². The van der Waals surface area contributed by atoms with E-state index in [-0.39, 0.29) is 6.04 Å². The zero-order valence-corrected chi connectivity index (χ0v) is 11.2. The molecule has 1 aromatic heterocycles. The Morgan fingerprint density at radius 2 is 2.35 bits per heavy atom. The molecule has 0 aliphatic heterocycles. The zero-order chi connectivity index (χ0) is 12.3. The van der Waals surface area contributed by atoms with Crippen LogP contribution in [-0.4, -0.2) is 9.78 Å². The van der Waals surface area contributed by atoms with Crippen molar-refractivity contribution >= 4 is 15.9 Å². The summed E-state index contributed by atoms with van der Waals surface area (Å²) in [5, 5.41) is 4.16. The number of nitrogens with one attached hydrogen (secondary N) is 1. The van der Waals surface area contributed by atoms with Crippen LogP contribution in [0, 0.1) is 0 Å². The SMILES string of the molecule is Cn1cc(C(Cc2cccc(Br)c2)NN)cn1. The van der Waals surface area contributed by atoms with Crippen molar-refractivity contribution in [2.45, 2.75) is 12.5 Å². The Morgan fingerprint density at radius 3 is 2.94 bits per heavy atom. The normalized spacial score (nSPS) is 12.6. The lowest BCUT2D eigenvalue weighted by atomic mass is 10.0. The van der Waals surface area contributed by atoms with E-state index < -0.39 is 0 Å². The number of nitrogens with two attached hydrogens (primary N) is 1. The third-order valence-corrected chi connectivity index (χ3v) is 3.15. The lowest BCUT2D eigenvalue weighted by Crippen LogP contribution is -2.29. The van der Waals surface area contributed by atoms with Crippen molar-refractivity contribution in [2.24, 2.45) is 12.9 Å². The van der Waals surface area contributed by atoms with Gasteiger partial charge in [0.15, 0.2) is 0 Å². The number of benzene rings is 1. The van der Waals surface area contributed by atoms with Crippen LogP contribution >= 0.6 is 15.9 Å². The van der Waals surface area contributed by atoms with Gasteiger partial charge in [0.25, 0.3) is 0 Å². The average Bonchev–Trinajstić information content (AvgIpc) is 2.73. The van der Waals surface area contributed by atoms with Gasteiger partial charge in [-0.25, -0.2) is 0 Å². The number of nitrogens with zero attached hydrogens (tertiary/aromatic N) is 2. The molecular formula is C12H15BrN4. The predicted molar refractivity (Wildman–Crippen MR) is 71.1 cm³/mol. The molecule has 1 atom stereocenters. The predicted octanol–water partition coefficient (Wildman–Crippen LogP) is 1.93. The van der Waals surface area contributed by atoms with Gasteiger partial charge < -0.3 is 0 Å². The van der Waals surface area contributed by atoms with Crippen molar-refractivity contribution in [1.82, 2.24) is 15.2 Å². The Bertz CT molecular complexity index is 495. The molecule has 0 saturated carbocycles. The minimum absolute atomic E-state index is 0.0815. The van der Waals surface area contributed by atoms with Crippen LogP contribution in [0.3, 0.4) is 0 Å². The molecular weight excluding hydrogens is 280 g/mol.